The zero-order valence-electron chi connectivity index (χ0n) is 8.77. The third kappa shape index (κ3) is 2.45. The number of nitriles is 1. The van der Waals surface area contributed by atoms with Gasteiger partial charge in [0.15, 0.2) is 0 Å². The van der Waals surface area contributed by atoms with Crippen LogP contribution < -0.4 is 5.32 Å². The summed E-state index contributed by atoms with van der Waals surface area (Å²) in [7, 11) is 0. The van der Waals surface area contributed by atoms with Crippen LogP contribution in [0.25, 0.3) is 0 Å². The van der Waals surface area contributed by atoms with Crippen LogP contribution in [0.15, 0.2) is 0 Å². The molecule has 13 heavy (non-hydrogen) atoms. The maximum atomic E-state index is 9.16. The largest absolute Gasteiger partial charge is 0.299 e. The molecule has 0 amide bonds. The molecule has 0 aromatic heterocycles. The minimum atomic E-state index is -0.271. The van der Waals surface area contributed by atoms with E-state index in [1.54, 1.807) is 0 Å². The van der Waals surface area contributed by atoms with Crippen molar-refractivity contribution in [2.24, 2.45) is 5.92 Å². The Hall–Kier alpha value is -0.550. The van der Waals surface area contributed by atoms with Gasteiger partial charge in [-0.3, -0.25) is 5.32 Å². The van der Waals surface area contributed by atoms with Crippen LogP contribution in [0.5, 0.6) is 0 Å². The standard InChI is InChI=1S/C11H20N2/c1-3-8-13-11(2,9-12)10-6-4-5-7-10/h10,13H,3-8H2,1-2H3. The molecule has 0 spiro atoms. The summed E-state index contributed by atoms with van der Waals surface area (Å²) in [6.07, 6.45) is 6.15. The number of nitrogens with zero attached hydrogens (tertiary/aromatic N) is 1. The Labute approximate surface area is 81.3 Å². The normalized spacial score (nSPS) is 22.5. The zero-order valence-corrected chi connectivity index (χ0v) is 8.77. The van der Waals surface area contributed by atoms with E-state index in [0.717, 1.165) is 13.0 Å². The number of rotatable bonds is 4. The van der Waals surface area contributed by atoms with E-state index in [1.807, 2.05) is 0 Å². The smallest absolute Gasteiger partial charge is 0.106 e. The molecule has 1 atom stereocenters. The predicted octanol–water partition coefficient (Wildman–Crippen LogP) is 2.46. The highest BCUT2D eigenvalue weighted by atomic mass is 15.0. The van der Waals surface area contributed by atoms with Crippen molar-refractivity contribution in [1.29, 1.82) is 5.26 Å². The van der Waals surface area contributed by atoms with Gasteiger partial charge in [0.25, 0.3) is 0 Å². The summed E-state index contributed by atoms with van der Waals surface area (Å²) in [5.41, 5.74) is -0.271. The fourth-order valence-corrected chi connectivity index (χ4v) is 2.16. The van der Waals surface area contributed by atoms with E-state index in [4.69, 9.17) is 5.26 Å². The molecule has 2 nitrogen and oxygen atoms in total. The third-order valence-corrected chi connectivity index (χ3v) is 3.15. The Bertz CT molecular complexity index is 189. The topological polar surface area (TPSA) is 35.8 Å². The molecule has 0 radical (unpaired) electrons. The van der Waals surface area contributed by atoms with Crippen molar-refractivity contribution in [3.8, 4) is 6.07 Å². The Morgan fingerprint density at radius 3 is 2.54 bits per heavy atom. The lowest BCUT2D eigenvalue weighted by Gasteiger charge is -2.29. The van der Waals surface area contributed by atoms with E-state index in [9.17, 15) is 0 Å². The van der Waals surface area contributed by atoms with E-state index in [1.165, 1.54) is 25.7 Å². The molecule has 0 aromatic carbocycles. The second-order valence-electron chi connectivity index (χ2n) is 4.22. The third-order valence-electron chi connectivity index (χ3n) is 3.15. The lowest BCUT2D eigenvalue weighted by Crippen LogP contribution is -2.47. The first-order chi connectivity index (χ1) is 6.23. The molecular weight excluding hydrogens is 160 g/mol. The van der Waals surface area contributed by atoms with E-state index in [2.05, 4.69) is 25.2 Å². The van der Waals surface area contributed by atoms with E-state index in [-0.39, 0.29) is 5.54 Å². The molecule has 2 heteroatoms. The fraction of sp³-hybridized carbons (Fsp3) is 0.909. The van der Waals surface area contributed by atoms with Gasteiger partial charge < -0.3 is 0 Å². The maximum absolute atomic E-state index is 9.16. The summed E-state index contributed by atoms with van der Waals surface area (Å²) in [6, 6.07) is 2.44. The molecule has 0 aromatic rings. The zero-order chi connectivity index (χ0) is 9.73. The van der Waals surface area contributed by atoms with Crippen molar-refractivity contribution in [2.45, 2.75) is 51.5 Å². The fourth-order valence-electron chi connectivity index (χ4n) is 2.16. The molecule has 1 aliphatic rings. The summed E-state index contributed by atoms with van der Waals surface area (Å²) in [5, 5.41) is 12.5. The molecular formula is C11H20N2. The Balaban J connectivity index is 2.52. The van der Waals surface area contributed by atoms with Gasteiger partial charge in [0.05, 0.1) is 6.07 Å². The molecule has 0 saturated heterocycles. The number of hydrogen-bond donors (Lipinski definition) is 1. The second-order valence-corrected chi connectivity index (χ2v) is 4.22. The summed E-state index contributed by atoms with van der Waals surface area (Å²) in [6.45, 7) is 5.15. The van der Waals surface area contributed by atoms with Crippen molar-refractivity contribution in [3.05, 3.63) is 0 Å². The average molecular weight is 180 g/mol. The average Bonchev–Trinajstić information content (AvgIpc) is 2.67. The van der Waals surface area contributed by atoms with Gasteiger partial charge >= 0.3 is 0 Å². The monoisotopic (exact) mass is 180 g/mol. The van der Waals surface area contributed by atoms with Crippen LogP contribution in [0.4, 0.5) is 0 Å². The highest BCUT2D eigenvalue weighted by molar-refractivity contribution is 5.08. The highest BCUT2D eigenvalue weighted by Gasteiger charge is 2.35. The van der Waals surface area contributed by atoms with Crippen LogP contribution in [-0.4, -0.2) is 12.1 Å². The van der Waals surface area contributed by atoms with Crippen molar-refractivity contribution in [2.75, 3.05) is 6.54 Å². The highest BCUT2D eigenvalue weighted by Crippen LogP contribution is 2.33. The van der Waals surface area contributed by atoms with Gasteiger partial charge in [0, 0.05) is 0 Å². The molecule has 0 heterocycles. The van der Waals surface area contributed by atoms with Gasteiger partial charge in [-0.15, -0.1) is 0 Å². The van der Waals surface area contributed by atoms with E-state index >= 15 is 0 Å². The molecule has 0 bridgehead atoms. The quantitative estimate of drug-likeness (QED) is 0.721. The minimum absolute atomic E-state index is 0.271. The Morgan fingerprint density at radius 1 is 1.46 bits per heavy atom. The molecule has 1 fully saturated rings. The van der Waals surface area contributed by atoms with Crippen molar-refractivity contribution in [3.63, 3.8) is 0 Å². The lowest BCUT2D eigenvalue weighted by molar-refractivity contribution is 0.302. The first kappa shape index (κ1) is 10.5. The summed E-state index contributed by atoms with van der Waals surface area (Å²) in [5.74, 6) is 0.573. The van der Waals surface area contributed by atoms with Gasteiger partial charge in [0.2, 0.25) is 0 Å². The molecule has 1 rings (SSSR count). The van der Waals surface area contributed by atoms with E-state index in [0.29, 0.717) is 5.92 Å². The van der Waals surface area contributed by atoms with Gasteiger partial charge in [-0.2, -0.15) is 5.26 Å². The summed E-state index contributed by atoms with van der Waals surface area (Å²) < 4.78 is 0. The molecule has 1 aliphatic carbocycles. The first-order valence-electron chi connectivity index (χ1n) is 5.39. The van der Waals surface area contributed by atoms with Crippen LogP contribution in [0.2, 0.25) is 0 Å². The Morgan fingerprint density at radius 2 is 2.08 bits per heavy atom. The van der Waals surface area contributed by atoms with Crippen molar-refractivity contribution in [1.82, 2.24) is 5.32 Å². The molecule has 1 saturated carbocycles. The molecule has 74 valence electrons. The summed E-state index contributed by atoms with van der Waals surface area (Å²) >= 11 is 0. The van der Waals surface area contributed by atoms with Crippen LogP contribution >= 0.6 is 0 Å². The van der Waals surface area contributed by atoms with Crippen LogP contribution in [-0.2, 0) is 0 Å². The minimum Gasteiger partial charge on any atom is -0.299 e. The molecule has 1 unspecified atom stereocenters. The molecule has 1 N–H and O–H groups in total. The first-order valence-corrected chi connectivity index (χ1v) is 5.39. The lowest BCUT2D eigenvalue weighted by atomic mass is 9.85. The maximum Gasteiger partial charge on any atom is 0.106 e. The molecule has 0 aliphatic heterocycles. The van der Waals surface area contributed by atoms with Gasteiger partial charge in [-0.1, -0.05) is 19.8 Å². The van der Waals surface area contributed by atoms with E-state index < -0.39 is 0 Å². The Kier molecular flexibility index (Phi) is 3.74. The van der Waals surface area contributed by atoms with Gasteiger partial charge in [-0.25, -0.2) is 0 Å². The summed E-state index contributed by atoms with van der Waals surface area (Å²) in [4.78, 5) is 0. The van der Waals surface area contributed by atoms with Gasteiger partial charge in [0.1, 0.15) is 5.54 Å². The van der Waals surface area contributed by atoms with Crippen LogP contribution in [0.1, 0.15) is 46.0 Å². The van der Waals surface area contributed by atoms with Crippen molar-refractivity contribution < 1.29 is 0 Å². The van der Waals surface area contributed by atoms with Crippen molar-refractivity contribution >= 4 is 0 Å². The van der Waals surface area contributed by atoms with Crippen LogP contribution in [0, 0.1) is 17.2 Å². The predicted molar refractivity (Wildman–Crippen MR) is 54.3 cm³/mol. The number of nitrogens with one attached hydrogen (secondary N) is 1. The van der Waals surface area contributed by atoms with Crippen LogP contribution in [0.3, 0.4) is 0 Å². The second kappa shape index (κ2) is 4.62. The van der Waals surface area contributed by atoms with Gasteiger partial charge in [-0.05, 0) is 38.6 Å². The number of hydrogen-bond acceptors (Lipinski definition) is 2. The SMILES string of the molecule is CCCNC(C)(C#N)C1CCCC1.